The molecule has 0 heterocycles. The second-order valence-corrected chi connectivity index (χ2v) is 7.44. The van der Waals surface area contributed by atoms with Gasteiger partial charge in [0.15, 0.2) is 17.3 Å². The minimum Gasteiger partial charge on any atom is -0.481 e. The molecule has 3 atom stereocenters. The van der Waals surface area contributed by atoms with Crippen LogP contribution < -0.4 is 22.5 Å². The van der Waals surface area contributed by atoms with E-state index in [1.54, 1.807) is 0 Å². The Hall–Kier alpha value is -3.19. The molecular weight excluding hydrogens is 424 g/mol. The molecule has 1 saturated carbocycles. The molecule has 13 heteroatoms. The van der Waals surface area contributed by atoms with Crippen LogP contribution in [0.5, 0.6) is 0 Å². The molecule has 1 radical (unpaired) electrons. The van der Waals surface area contributed by atoms with Crippen LogP contribution in [-0.2, 0) is 28.8 Å². The molecule has 0 spiro atoms. The highest BCUT2D eigenvalue weighted by atomic mass is 16.4. The first kappa shape index (κ1) is 26.8. The average Bonchev–Trinajstić information content (AvgIpc) is 2.74. The highest BCUT2D eigenvalue weighted by Gasteiger charge is 2.59. The number of Topliss-reactive ketones (excluding diaryl/α,β-unsaturated/α-hetero) is 2. The fourth-order valence-electron chi connectivity index (χ4n) is 3.63. The number of carbonyl (C=O) groups excluding carboxylic acids is 5. The number of imide groups is 1. The van der Waals surface area contributed by atoms with Crippen molar-refractivity contribution in [1.29, 1.82) is 5.41 Å². The third-order valence-electron chi connectivity index (χ3n) is 5.22. The van der Waals surface area contributed by atoms with Gasteiger partial charge in [0.1, 0.15) is 5.78 Å². The van der Waals surface area contributed by atoms with Crippen molar-refractivity contribution in [3.8, 4) is 0 Å². The summed E-state index contributed by atoms with van der Waals surface area (Å²) in [5.74, 6) is -6.55. The number of carboxylic acids is 1. The van der Waals surface area contributed by atoms with Gasteiger partial charge in [0.05, 0.1) is 12.0 Å². The van der Waals surface area contributed by atoms with Crippen LogP contribution in [0, 0.1) is 11.3 Å². The predicted octanol–water partition coefficient (Wildman–Crippen LogP) is -2.46. The summed E-state index contributed by atoms with van der Waals surface area (Å²) in [6, 6.07) is -1.51. The van der Waals surface area contributed by atoms with Crippen LogP contribution in [-0.4, -0.2) is 76.3 Å². The zero-order valence-electron chi connectivity index (χ0n) is 17.6. The fraction of sp³-hybridized carbons (Fsp3) is 0.632. The van der Waals surface area contributed by atoms with Crippen molar-refractivity contribution in [2.45, 2.75) is 56.5 Å². The first-order valence-electron chi connectivity index (χ1n) is 10.1. The van der Waals surface area contributed by atoms with E-state index in [0.717, 1.165) is 0 Å². The largest absolute Gasteiger partial charge is 0.481 e. The van der Waals surface area contributed by atoms with Gasteiger partial charge in [-0.15, -0.1) is 0 Å². The van der Waals surface area contributed by atoms with Crippen molar-refractivity contribution >= 4 is 41.6 Å². The summed E-state index contributed by atoms with van der Waals surface area (Å²) in [5, 5.41) is 18.5. The number of ketones is 2. The molecule has 177 valence electrons. The molecular formula is C19H29N6O7. The van der Waals surface area contributed by atoms with Crippen LogP contribution in [0.25, 0.3) is 0 Å². The summed E-state index contributed by atoms with van der Waals surface area (Å²) in [6.45, 7) is -0.0119. The van der Waals surface area contributed by atoms with Crippen LogP contribution in [0.2, 0.25) is 0 Å². The molecule has 9 N–H and O–H groups in total. The molecule has 0 bridgehead atoms. The van der Waals surface area contributed by atoms with E-state index in [2.05, 4.69) is 5.32 Å². The monoisotopic (exact) mass is 453 g/mol. The lowest BCUT2D eigenvalue weighted by Gasteiger charge is -2.44. The molecule has 0 aromatic heterocycles. The lowest BCUT2D eigenvalue weighted by molar-refractivity contribution is -0.161. The van der Waals surface area contributed by atoms with Crippen molar-refractivity contribution in [3.05, 3.63) is 0 Å². The molecule has 13 nitrogen and oxygen atoms in total. The summed E-state index contributed by atoms with van der Waals surface area (Å²) in [6.07, 6.45) is -0.321. The minimum atomic E-state index is -2.54. The molecule has 1 fully saturated rings. The van der Waals surface area contributed by atoms with Gasteiger partial charge in [-0.2, -0.15) is 0 Å². The summed E-state index contributed by atoms with van der Waals surface area (Å²) in [7, 11) is 0. The predicted molar refractivity (Wildman–Crippen MR) is 111 cm³/mol. The van der Waals surface area contributed by atoms with E-state index in [9.17, 15) is 28.8 Å². The van der Waals surface area contributed by atoms with E-state index < -0.39 is 59.2 Å². The van der Waals surface area contributed by atoms with Crippen molar-refractivity contribution in [2.75, 3.05) is 13.1 Å². The Morgan fingerprint density at radius 2 is 1.94 bits per heavy atom. The molecule has 1 unspecified atom stereocenters. The number of nitrogens with one attached hydrogen (secondary N) is 2. The highest BCUT2D eigenvalue weighted by molar-refractivity contribution is 6.17. The van der Waals surface area contributed by atoms with Gasteiger partial charge in [0.2, 0.25) is 18.1 Å². The Kier molecular flexibility index (Phi) is 10.1. The third-order valence-corrected chi connectivity index (χ3v) is 5.22. The van der Waals surface area contributed by atoms with Gasteiger partial charge in [0.25, 0.3) is 0 Å². The standard InChI is InChI=1S/C19H29N6O7/c20-8-1-2-15(29)25(17(32)12(21)3-6-16(30)31)19(10-26)11(7-9-24-18(22)23)13(27)4-5-14(19)28/h11-12H,1-9,20-21H2,(H,30,31)(H4,22,23,24)/t11?,12-,19+/m0/s1. The number of amides is 2. The van der Waals surface area contributed by atoms with Gasteiger partial charge in [-0.25, -0.2) is 0 Å². The van der Waals surface area contributed by atoms with E-state index in [-0.39, 0.29) is 51.6 Å². The molecule has 32 heavy (non-hydrogen) atoms. The van der Waals surface area contributed by atoms with Crippen molar-refractivity contribution in [1.82, 2.24) is 10.2 Å². The summed E-state index contributed by atoms with van der Waals surface area (Å²) in [4.78, 5) is 75.4. The Bertz CT molecular complexity index is 786. The second-order valence-electron chi connectivity index (χ2n) is 7.44. The topological polar surface area (TPSA) is 240 Å². The van der Waals surface area contributed by atoms with E-state index in [0.29, 0.717) is 4.90 Å². The van der Waals surface area contributed by atoms with Gasteiger partial charge >= 0.3 is 5.97 Å². The maximum Gasteiger partial charge on any atom is 0.303 e. The second kappa shape index (κ2) is 12.0. The first-order chi connectivity index (χ1) is 15.0. The minimum absolute atomic E-state index is 0.0788. The summed E-state index contributed by atoms with van der Waals surface area (Å²) in [5.41, 5.74) is 13.9. The zero-order valence-corrected chi connectivity index (χ0v) is 17.6. The number of hydrogen-bond acceptors (Lipinski definition) is 9. The normalized spacial score (nSPS) is 21.5. The maximum atomic E-state index is 13.1. The first-order valence-corrected chi connectivity index (χ1v) is 10.1. The molecule has 0 saturated heterocycles. The molecule has 1 aliphatic rings. The number of carboxylic acid groups (broad SMARTS) is 1. The maximum absolute atomic E-state index is 13.1. The number of carbonyl (C=O) groups is 5. The Balaban J connectivity index is 3.49. The number of nitrogens with zero attached hydrogens (tertiary/aromatic N) is 1. The number of guanidine groups is 1. The van der Waals surface area contributed by atoms with Crippen molar-refractivity contribution in [2.24, 2.45) is 23.1 Å². The van der Waals surface area contributed by atoms with Gasteiger partial charge in [0, 0.05) is 32.2 Å². The molecule has 2 amide bonds. The molecule has 0 aliphatic heterocycles. The Morgan fingerprint density at radius 3 is 2.47 bits per heavy atom. The lowest BCUT2D eigenvalue weighted by Crippen LogP contribution is -2.69. The van der Waals surface area contributed by atoms with Crippen LogP contribution in [0.4, 0.5) is 0 Å². The van der Waals surface area contributed by atoms with Crippen molar-refractivity contribution in [3.63, 3.8) is 0 Å². The van der Waals surface area contributed by atoms with E-state index in [1.807, 2.05) is 0 Å². The van der Waals surface area contributed by atoms with Crippen LogP contribution in [0.1, 0.15) is 44.9 Å². The molecule has 0 aromatic carbocycles. The zero-order chi connectivity index (χ0) is 24.5. The quantitative estimate of drug-likeness (QED) is 0.103. The summed E-state index contributed by atoms with van der Waals surface area (Å²) < 4.78 is 0. The number of hydrogen-bond donors (Lipinski definition) is 6. The smallest absolute Gasteiger partial charge is 0.303 e. The van der Waals surface area contributed by atoms with Crippen molar-refractivity contribution < 1.29 is 33.9 Å². The van der Waals surface area contributed by atoms with Gasteiger partial charge in [-0.05, 0) is 25.8 Å². The molecule has 1 aliphatic carbocycles. The summed E-state index contributed by atoms with van der Waals surface area (Å²) >= 11 is 0. The SMILES string of the molecule is N=C(N)NCCC1C(=O)CCC(=O)[C@]1([C]=O)N(C(=O)CCCN)C(=O)[C@@H](N)CCC(=O)O. The van der Waals surface area contributed by atoms with Crippen LogP contribution in [0.15, 0.2) is 0 Å². The number of nitrogens with two attached hydrogens (primary N) is 3. The number of rotatable bonds is 12. The van der Waals surface area contributed by atoms with Gasteiger partial charge < -0.3 is 27.6 Å². The van der Waals surface area contributed by atoms with Crippen LogP contribution in [0.3, 0.4) is 0 Å². The fourth-order valence-corrected chi connectivity index (χ4v) is 3.63. The average molecular weight is 453 g/mol. The van der Waals surface area contributed by atoms with Gasteiger partial charge in [-0.3, -0.25) is 39.1 Å². The van der Waals surface area contributed by atoms with Gasteiger partial charge in [-0.1, -0.05) is 0 Å². The van der Waals surface area contributed by atoms with E-state index >= 15 is 0 Å². The van der Waals surface area contributed by atoms with E-state index in [4.69, 9.17) is 27.7 Å². The third kappa shape index (κ3) is 6.17. The highest BCUT2D eigenvalue weighted by Crippen LogP contribution is 2.36. The van der Waals surface area contributed by atoms with Crippen LogP contribution >= 0.6 is 0 Å². The molecule has 0 aromatic rings. The molecule has 1 rings (SSSR count). The number of aliphatic carboxylic acids is 1. The Morgan fingerprint density at radius 1 is 1.28 bits per heavy atom. The van der Waals surface area contributed by atoms with E-state index in [1.165, 1.54) is 6.29 Å². The Labute approximate surface area is 184 Å². The lowest BCUT2D eigenvalue weighted by atomic mass is 9.68.